The van der Waals surface area contributed by atoms with E-state index in [-0.39, 0.29) is 6.10 Å². The van der Waals surface area contributed by atoms with E-state index in [1.807, 2.05) is 6.92 Å². The first kappa shape index (κ1) is 18.9. The highest BCUT2D eigenvalue weighted by molar-refractivity contribution is 5.05. The fourth-order valence-electron chi connectivity index (χ4n) is 6.78. The van der Waals surface area contributed by atoms with Gasteiger partial charge in [0.2, 0.25) is 0 Å². The number of piperidine rings is 1. The topological polar surface area (TPSA) is 47.5 Å². The number of hydrogen-bond donors (Lipinski definition) is 3. The molecule has 3 saturated heterocycles. The van der Waals surface area contributed by atoms with Gasteiger partial charge in [-0.1, -0.05) is 13.0 Å². The lowest BCUT2D eigenvalue weighted by atomic mass is 9.67. The highest BCUT2D eigenvalue weighted by atomic mass is 16.3. The third-order valence-electron chi connectivity index (χ3n) is 8.12. The third-order valence-corrected chi connectivity index (χ3v) is 8.12. The Hall–Kier alpha value is -0.420. The first-order valence-electron chi connectivity index (χ1n) is 11.1. The summed E-state index contributed by atoms with van der Waals surface area (Å²) < 4.78 is 0. The summed E-state index contributed by atoms with van der Waals surface area (Å²) in [5.41, 5.74) is 0. The van der Waals surface area contributed by atoms with Crippen molar-refractivity contribution >= 4 is 0 Å². The maximum Gasteiger partial charge on any atom is 0.0680 e. The van der Waals surface area contributed by atoms with Gasteiger partial charge >= 0.3 is 0 Å². The quantitative estimate of drug-likeness (QED) is 0.674. The van der Waals surface area contributed by atoms with Gasteiger partial charge in [0, 0.05) is 24.7 Å². The molecule has 4 aliphatic rings. The van der Waals surface area contributed by atoms with E-state index in [4.69, 9.17) is 0 Å². The summed E-state index contributed by atoms with van der Waals surface area (Å²) in [6.45, 7) is 10.6. The molecule has 4 fully saturated rings. The molecule has 148 valence electrons. The van der Waals surface area contributed by atoms with Crippen LogP contribution in [0.5, 0.6) is 0 Å². The van der Waals surface area contributed by atoms with E-state index in [1.54, 1.807) is 0 Å². The lowest BCUT2D eigenvalue weighted by Crippen LogP contribution is -2.56. The van der Waals surface area contributed by atoms with Crippen LogP contribution in [0.25, 0.3) is 0 Å². The summed E-state index contributed by atoms with van der Waals surface area (Å²) >= 11 is 0. The number of fused-ring (bicyclic) bond motifs is 1. The molecule has 4 heteroatoms. The summed E-state index contributed by atoms with van der Waals surface area (Å²) in [7, 11) is 0. The Bertz CT molecular complexity index is 496. The highest BCUT2D eigenvalue weighted by Gasteiger charge is 2.49. The van der Waals surface area contributed by atoms with E-state index in [0.29, 0.717) is 30.2 Å². The van der Waals surface area contributed by atoms with Crippen LogP contribution in [0.1, 0.15) is 58.8 Å². The van der Waals surface area contributed by atoms with Crippen molar-refractivity contribution in [1.82, 2.24) is 15.5 Å². The van der Waals surface area contributed by atoms with Crippen LogP contribution in [0.15, 0.2) is 12.7 Å². The second kappa shape index (κ2) is 7.90. The van der Waals surface area contributed by atoms with Crippen molar-refractivity contribution in [2.45, 2.75) is 89.2 Å². The van der Waals surface area contributed by atoms with Gasteiger partial charge in [-0.15, -0.1) is 6.58 Å². The van der Waals surface area contributed by atoms with E-state index >= 15 is 0 Å². The number of nitrogens with zero attached hydrogens (tertiary/aromatic N) is 1. The second-order valence-electron chi connectivity index (χ2n) is 9.56. The van der Waals surface area contributed by atoms with Crippen LogP contribution in [0.4, 0.5) is 0 Å². The summed E-state index contributed by atoms with van der Waals surface area (Å²) in [5.74, 6) is 3.04. The molecule has 0 aromatic heterocycles. The minimum Gasteiger partial charge on any atom is -0.392 e. The largest absolute Gasteiger partial charge is 0.392 e. The van der Waals surface area contributed by atoms with E-state index < -0.39 is 0 Å². The average Bonchev–Trinajstić information content (AvgIpc) is 3.23. The Balaban J connectivity index is 1.50. The second-order valence-corrected chi connectivity index (χ2v) is 9.56. The smallest absolute Gasteiger partial charge is 0.0680 e. The zero-order chi connectivity index (χ0) is 18.3. The zero-order valence-corrected chi connectivity index (χ0v) is 16.7. The first-order chi connectivity index (χ1) is 12.6. The molecule has 4 nitrogen and oxygen atoms in total. The van der Waals surface area contributed by atoms with Crippen molar-refractivity contribution < 1.29 is 5.11 Å². The van der Waals surface area contributed by atoms with Gasteiger partial charge in [0.15, 0.2) is 0 Å². The van der Waals surface area contributed by atoms with Gasteiger partial charge in [0.1, 0.15) is 0 Å². The molecule has 26 heavy (non-hydrogen) atoms. The lowest BCUT2D eigenvalue weighted by Gasteiger charge is -2.47. The van der Waals surface area contributed by atoms with E-state index in [1.165, 1.54) is 51.5 Å². The number of aliphatic hydroxyl groups excluding tert-OH is 1. The van der Waals surface area contributed by atoms with E-state index in [9.17, 15) is 5.11 Å². The highest BCUT2D eigenvalue weighted by Crippen LogP contribution is 2.43. The molecule has 3 N–H and O–H groups in total. The molecule has 3 aliphatic heterocycles. The Morgan fingerprint density at radius 2 is 2.00 bits per heavy atom. The van der Waals surface area contributed by atoms with Crippen LogP contribution in [-0.2, 0) is 0 Å². The fraction of sp³-hybridized carbons (Fsp3) is 0.909. The predicted molar refractivity (Wildman–Crippen MR) is 107 cm³/mol. The molecule has 9 unspecified atom stereocenters. The Morgan fingerprint density at radius 1 is 1.15 bits per heavy atom. The molecule has 0 bridgehead atoms. The van der Waals surface area contributed by atoms with Crippen molar-refractivity contribution in [3.8, 4) is 0 Å². The number of hydrogen-bond acceptors (Lipinski definition) is 4. The van der Waals surface area contributed by atoms with Crippen molar-refractivity contribution in [3.05, 3.63) is 12.7 Å². The van der Waals surface area contributed by atoms with Gasteiger partial charge in [-0.3, -0.25) is 4.90 Å². The maximum absolute atomic E-state index is 10.3. The Labute approximate surface area is 159 Å². The fourth-order valence-corrected chi connectivity index (χ4v) is 6.78. The van der Waals surface area contributed by atoms with E-state index in [2.05, 4.69) is 35.1 Å². The molecule has 0 aromatic rings. The molecule has 0 spiro atoms. The summed E-state index contributed by atoms with van der Waals surface area (Å²) in [5, 5.41) is 17.9. The minimum atomic E-state index is -0.244. The van der Waals surface area contributed by atoms with Crippen LogP contribution < -0.4 is 10.6 Å². The van der Waals surface area contributed by atoms with Gasteiger partial charge < -0.3 is 15.7 Å². The van der Waals surface area contributed by atoms with Crippen molar-refractivity contribution in [2.75, 3.05) is 13.1 Å². The van der Waals surface area contributed by atoms with Crippen molar-refractivity contribution in [2.24, 2.45) is 23.7 Å². The third kappa shape index (κ3) is 3.39. The van der Waals surface area contributed by atoms with Gasteiger partial charge in [-0.25, -0.2) is 0 Å². The SMILES string of the molecule is C=CC1CCC(C2NCCCC2C2CCC3NCC(C(C)O)N32)CC1C. The summed E-state index contributed by atoms with van der Waals surface area (Å²) in [6, 6.07) is 1.60. The molecule has 0 aromatic carbocycles. The number of allylic oxidation sites excluding steroid dienone is 1. The number of nitrogens with one attached hydrogen (secondary N) is 2. The molecule has 0 amide bonds. The molecule has 4 rings (SSSR count). The van der Waals surface area contributed by atoms with Crippen LogP contribution in [-0.4, -0.2) is 53.5 Å². The lowest BCUT2D eigenvalue weighted by molar-refractivity contribution is 0.0203. The Kier molecular flexibility index (Phi) is 5.75. The van der Waals surface area contributed by atoms with Crippen LogP contribution in [0, 0.1) is 23.7 Å². The van der Waals surface area contributed by atoms with E-state index in [0.717, 1.165) is 24.3 Å². The van der Waals surface area contributed by atoms with Crippen molar-refractivity contribution in [1.29, 1.82) is 0 Å². The van der Waals surface area contributed by atoms with Gasteiger partial charge in [0.05, 0.1) is 12.3 Å². The normalized spacial score (nSPS) is 48.3. The molecule has 9 atom stereocenters. The van der Waals surface area contributed by atoms with Crippen LogP contribution in [0.3, 0.4) is 0 Å². The number of aliphatic hydroxyl groups is 1. The molecular weight excluding hydrogens is 322 g/mol. The summed E-state index contributed by atoms with van der Waals surface area (Å²) in [4.78, 5) is 2.67. The standard InChI is InChI=1S/C22H39N3O/c1-4-16-7-8-17(12-14(16)2)22-18(6-5-11-23-22)19-9-10-21-24-13-20(15(3)26)25(19)21/h4,14-24,26H,1,5-13H2,2-3H3. The maximum atomic E-state index is 10.3. The molecule has 0 radical (unpaired) electrons. The average molecular weight is 362 g/mol. The number of rotatable bonds is 4. The summed E-state index contributed by atoms with van der Waals surface area (Å²) in [6.07, 6.45) is 11.7. The van der Waals surface area contributed by atoms with Gasteiger partial charge in [-0.2, -0.15) is 0 Å². The Morgan fingerprint density at radius 3 is 2.73 bits per heavy atom. The molecule has 1 aliphatic carbocycles. The van der Waals surface area contributed by atoms with Crippen LogP contribution >= 0.6 is 0 Å². The van der Waals surface area contributed by atoms with Crippen LogP contribution in [0.2, 0.25) is 0 Å². The van der Waals surface area contributed by atoms with Gasteiger partial charge in [-0.05, 0) is 82.1 Å². The van der Waals surface area contributed by atoms with Gasteiger partial charge in [0.25, 0.3) is 0 Å². The zero-order valence-electron chi connectivity index (χ0n) is 16.7. The minimum absolute atomic E-state index is 0.244. The molecular formula is C22H39N3O. The predicted octanol–water partition coefficient (Wildman–Crippen LogP) is 2.74. The molecule has 3 heterocycles. The first-order valence-corrected chi connectivity index (χ1v) is 11.1. The molecule has 1 saturated carbocycles. The van der Waals surface area contributed by atoms with Crippen molar-refractivity contribution in [3.63, 3.8) is 0 Å². The monoisotopic (exact) mass is 361 g/mol.